The Bertz CT molecular complexity index is 764. The lowest BCUT2D eigenvalue weighted by Gasteiger charge is -2.33. The van der Waals surface area contributed by atoms with Crippen LogP contribution >= 0.6 is 11.3 Å². The van der Waals surface area contributed by atoms with Crippen LogP contribution in [0.3, 0.4) is 0 Å². The van der Waals surface area contributed by atoms with Crippen molar-refractivity contribution in [1.29, 1.82) is 0 Å². The minimum absolute atomic E-state index is 0.0153. The van der Waals surface area contributed by atoms with Gasteiger partial charge in [0.1, 0.15) is 0 Å². The molecule has 6 nitrogen and oxygen atoms in total. The molecule has 2 heterocycles. The van der Waals surface area contributed by atoms with Crippen molar-refractivity contribution in [3.63, 3.8) is 0 Å². The van der Waals surface area contributed by atoms with Crippen molar-refractivity contribution >= 4 is 39.1 Å². The van der Waals surface area contributed by atoms with E-state index in [1.165, 1.54) is 17.4 Å². The molecule has 1 aromatic heterocycles. The second-order valence-electron chi connectivity index (χ2n) is 6.75. The molecule has 1 atom stereocenters. The smallest absolute Gasteiger partial charge is 0.331 e. The van der Waals surface area contributed by atoms with Gasteiger partial charge < -0.3 is 9.64 Å². The van der Waals surface area contributed by atoms with E-state index in [1.807, 2.05) is 17.5 Å². The topological polar surface area (TPSA) is 80.8 Å². The molecule has 1 aliphatic heterocycles. The van der Waals surface area contributed by atoms with Crippen molar-refractivity contribution in [3.8, 4) is 0 Å². The third-order valence-electron chi connectivity index (χ3n) is 4.87. The Balaban J connectivity index is 1.59. The van der Waals surface area contributed by atoms with Gasteiger partial charge >= 0.3 is 5.97 Å². The summed E-state index contributed by atoms with van der Waals surface area (Å²) in [4.78, 5) is 27.2. The van der Waals surface area contributed by atoms with E-state index in [0.717, 1.165) is 30.6 Å². The van der Waals surface area contributed by atoms with Gasteiger partial charge in [0, 0.05) is 23.0 Å². The predicted molar refractivity (Wildman–Crippen MR) is 100 cm³/mol. The van der Waals surface area contributed by atoms with Gasteiger partial charge in [0.05, 0.1) is 11.5 Å². The van der Waals surface area contributed by atoms with Gasteiger partial charge in [-0.05, 0) is 36.8 Å². The molecular formula is C18H23NO5S2. The van der Waals surface area contributed by atoms with Crippen LogP contribution in [0.4, 0.5) is 0 Å². The van der Waals surface area contributed by atoms with E-state index in [2.05, 4.69) is 0 Å². The zero-order valence-corrected chi connectivity index (χ0v) is 16.1. The Morgan fingerprint density at radius 2 is 2.00 bits per heavy atom. The van der Waals surface area contributed by atoms with E-state index >= 15 is 0 Å². The highest BCUT2D eigenvalue weighted by Gasteiger charge is 2.39. The number of amides is 1. The van der Waals surface area contributed by atoms with Gasteiger partial charge in [-0.25, -0.2) is 13.2 Å². The third kappa shape index (κ3) is 4.94. The maximum atomic E-state index is 12.7. The summed E-state index contributed by atoms with van der Waals surface area (Å²) < 4.78 is 28.7. The summed E-state index contributed by atoms with van der Waals surface area (Å²) in [5.41, 5.74) is 0. The molecule has 3 rings (SSSR count). The number of nitrogens with zero attached hydrogens (tertiary/aromatic N) is 1. The van der Waals surface area contributed by atoms with Crippen LogP contribution in [0.5, 0.6) is 0 Å². The number of ether oxygens (including phenoxy) is 1. The normalized spacial score (nSPS) is 22.7. The van der Waals surface area contributed by atoms with Crippen molar-refractivity contribution in [2.45, 2.75) is 44.2 Å². The second kappa shape index (κ2) is 8.35. The molecule has 2 fully saturated rings. The third-order valence-corrected chi connectivity index (χ3v) is 7.46. The molecule has 1 saturated carbocycles. The summed E-state index contributed by atoms with van der Waals surface area (Å²) >= 11 is 1.50. The molecule has 142 valence electrons. The SMILES string of the molecule is O=C(/C=C/c1cccs1)OCC(=O)N(C1CCCC1)[C@H]1CCS(=O)(=O)C1. The van der Waals surface area contributed by atoms with Crippen LogP contribution in [-0.2, 0) is 24.2 Å². The summed E-state index contributed by atoms with van der Waals surface area (Å²) in [6.45, 7) is -0.347. The minimum atomic E-state index is -3.08. The van der Waals surface area contributed by atoms with Gasteiger partial charge in [-0.2, -0.15) is 0 Å². The molecule has 1 aromatic rings. The van der Waals surface area contributed by atoms with Crippen LogP contribution in [0.1, 0.15) is 37.0 Å². The maximum absolute atomic E-state index is 12.7. The van der Waals surface area contributed by atoms with Crippen molar-refractivity contribution < 1.29 is 22.7 Å². The Hall–Kier alpha value is -1.67. The van der Waals surface area contributed by atoms with Gasteiger partial charge in [0.15, 0.2) is 16.4 Å². The average molecular weight is 398 g/mol. The molecule has 26 heavy (non-hydrogen) atoms. The monoisotopic (exact) mass is 397 g/mol. The molecule has 1 saturated heterocycles. The van der Waals surface area contributed by atoms with Crippen molar-refractivity contribution in [1.82, 2.24) is 4.90 Å². The number of hydrogen-bond acceptors (Lipinski definition) is 6. The molecular weight excluding hydrogens is 374 g/mol. The fourth-order valence-electron chi connectivity index (χ4n) is 3.67. The van der Waals surface area contributed by atoms with E-state index in [0.29, 0.717) is 6.42 Å². The Labute approximate surface area is 157 Å². The molecule has 0 spiro atoms. The van der Waals surface area contributed by atoms with Gasteiger partial charge in [0.2, 0.25) is 0 Å². The fourth-order valence-corrected chi connectivity index (χ4v) is 6.00. The van der Waals surface area contributed by atoms with Crippen LogP contribution in [0.15, 0.2) is 23.6 Å². The van der Waals surface area contributed by atoms with Crippen molar-refractivity contribution in [2.75, 3.05) is 18.1 Å². The molecule has 1 amide bonds. The minimum Gasteiger partial charge on any atom is -0.452 e. The molecule has 0 unspecified atom stereocenters. The summed E-state index contributed by atoms with van der Waals surface area (Å²) in [7, 11) is -3.08. The largest absolute Gasteiger partial charge is 0.452 e. The number of thiophene rings is 1. The first-order valence-corrected chi connectivity index (χ1v) is 11.5. The highest BCUT2D eigenvalue weighted by Crippen LogP contribution is 2.29. The van der Waals surface area contributed by atoms with Gasteiger partial charge in [-0.3, -0.25) is 4.79 Å². The Morgan fingerprint density at radius 1 is 1.23 bits per heavy atom. The highest BCUT2D eigenvalue weighted by molar-refractivity contribution is 7.91. The number of hydrogen-bond donors (Lipinski definition) is 0. The van der Waals surface area contributed by atoms with E-state index in [4.69, 9.17) is 4.74 Å². The van der Waals surface area contributed by atoms with Gasteiger partial charge in [-0.15, -0.1) is 11.3 Å². The predicted octanol–water partition coefficient (Wildman–Crippen LogP) is 2.26. The number of sulfone groups is 1. The van der Waals surface area contributed by atoms with Crippen molar-refractivity contribution in [3.05, 3.63) is 28.5 Å². The molecule has 1 aliphatic carbocycles. The second-order valence-corrected chi connectivity index (χ2v) is 9.96. The summed E-state index contributed by atoms with van der Waals surface area (Å²) in [6.07, 6.45) is 7.27. The van der Waals surface area contributed by atoms with E-state index < -0.39 is 15.8 Å². The number of rotatable bonds is 6. The van der Waals surface area contributed by atoms with E-state index in [9.17, 15) is 18.0 Å². The first-order valence-electron chi connectivity index (χ1n) is 8.84. The van der Waals surface area contributed by atoms with Crippen LogP contribution in [-0.4, -0.2) is 55.4 Å². The number of esters is 1. The number of carbonyl (C=O) groups excluding carboxylic acids is 2. The molecule has 0 bridgehead atoms. The van der Waals surface area contributed by atoms with Gasteiger partial charge in [-0.1, -0.05) is 18.9 Å². The highest BCUT2D eigenvalue weighted by atomic mass is 32.2. The lowest BCUT2D eigenvalue weighted by atomic mass is 10.1. The molecule has 0 N–H and O–H groups in total. The zero-order valence-electron chi connectivity index (χ0n) is 14.5. The summed E-state index contributed by atoms with van der Waals surface area (Å²) in [5, 5.41) is 1.91. The molecule has 2 aliphatic rings. The van der Waals surface area contributed by atoms with E-state index in [-0.39, 0.29) is 36.1 Å². The lowest BCUT2D eigenvalue weighted by molar-refractivity contribution is -0.150. The van der Waals surface area contributed by atoms with Crippen LogP contribution in [0, 0.1) is 0 Å². The maximum Gasteiger partial charge on any atom is 0.331 e. The first kappa shape index (κ1) is 19.1. The van der Waals surface area contributed by atoms with E-state index in [1.54, 1.807) is 11.0 Å². The Morgan fingerprint density at radius 3 is 2.62 bits per heavy atom. The standard InChI is InChI=1S/C18H23NO5S2/c20-17(12-24-18(21)8-7-16-6-3-10-25-16)19(14-4-1-2-5-14)15-9-11-26(22,23)13-15/h3,6-8,10,14-15H,1-2,4-5,9,11-13H2/b8-7+/t15-/m0/s1. The lowest BCUT2D eigenvalue weighted by Crippen LogP contribution is -2.48. The Kier molecular flexibility index (Phi) is 6.13. The van der Waals surface area contributed by atoms with Crippen LogP contribution in [0.2, 0.25) is 0 Å². The number of carbonyl (C=O) groups is 2. The van der Waals surface area contributed by atoms with Crippen LogP contribution < -0.4 is 0 Å². The zero-order chi connectivity index (χ0) is 18.6. The van der Waals surface area contributed by atoms with Crippen molar-refractivity contribution in [2.24, 2.45) is 0 Å². The van der Waals surface area contributed by atoms with Crippen LogP contribution in [0.25, 0.3) is 6.08 Å². The molecule has 8 heteroatoms. The molecule has 0 radical (unpaired) electrons. The summed E-state index contributed by atoms with van der Waals surface area (Å²) in [6, 6.07) is 3.52. The van der Waals surface area contributed by atoms with Gasteiger partial charge in [0.25, 0.3) is 5.91 Å². The quantitative estimate of drug-likeness (QED) is 0.543. The molecule has 0 aromatic carbocycles. The fraction of sp³-hybridized carbons (Fsp3) is 0.556. The average Bonchev–Trinajstić information content (AvgIpc) is 3.34. The first-order chi connectivity index (χ1) is 12.4. The summed E-state index contributed by atoms with van der Waals surface area (Å²) in [5.74, 6) is -0.729.